The van der Waals surface area contributed by atoms with Crippen molar-refractivity contribution in [3.63, 3.8) is 0 Å². The van der Waals surface area contributed by atoms with Crippen LogP contribution in [0.25, 0.3) is 0 Å². The Morgan fingerprint density at radius 3 is 3.06 bits per heavy atom. The van der Waals surface area contributed by atoms with Gasteiger partial charge in [-0.25, -0.2) is 4.98 Å². The van der Waals surface area contributed by atoms with Crippen LogP contribution in [0.4, 0.5) is 0 Å². The Morgan fingerprint density at radius 1 is 1.39 bits per heavy atom. The number of hydrogen-bond acceptors (Lipinski definition) is 4. The van der Waals surface area contributed by atoms with Crippen molar-refractivity contribution in [2.45, 2.75) is 57.6 Å². The fourth-order valence-corrected chi connectivity index (χ4v) is 3.74. The first-order valence-electron chi connectivity index (χ1n) is 7.16. The zero-order valence-corrected chi connectivity index (χ0v) is 11.9. The second-order valence-corrected chi connectivity index (χ2v) is 6.49. The van der Waals surface area contributed by atoms with Crippen LogP contribution >= 0.6 is 11.3 Å². The molecule has 3 rings (SSSR count). The molecule has 1 aromatic heterocycles. The smallest absolute Gasteiger partial charge is 0.119 e. The highest BCUT2D eigenvalue weighted by Crippen LogP contribution is 2.35. The van der Waals surface area contributed by atoms with Gasteiger partial charge in [-0.3, -0.25) is 0 Å². The minimum absolute atomic E-state index is 0.640. The Balaban J connectivity index is 1.66. The highest BCUT2D eigenvalue weighted by molar-refractivity contribution is 7.11. The zero-order chi connectivity index (χ0) is 12.4. The summed E-state index contributed by atoms with van der Waals surface area (Å²) in [7, 11) is 0. The number of nitrogens with zero attached hydrogens (tertiary/aromatic N) is 1. The molecule has 2 aliphatic rings. The molecule has 0 radical (unpaired) electrons. The molecular formula is C14H22N2OS. The standard InChI is InChI=1S/C14H22N2OS/c1-2-17-9-13-16-14-10(8-15-11-6-7-11)4-3-5-12(14)18-13/h10-11,15H,2-9H2,1H3. The first-order valence-corrected chi connectivity index (χ1v) is 7.98. The van der Waals surface area contributed by atoms with Gasteiger partial charge in [0.15, 0.2) is 0 Å². The molecule has 4 heteroatoms. The first-order chi connectivity index (χ1) is 8.86. The fraction of sp³-hybridized carbons (Fsp3) is 0.786. The predicted octanol–water partition coefficient (Wildman–Crippen LogP) is 2.85. The molecule has 0 spiro atoms. The van der Waals surface area contributed by atoms with Crippen molar-refractivity contribution in [3.05, 3.63) is 15.6 Å². The van der Waals surface area contributed by atoms with Gasteiger partial charge in [0.25, 0.3) is 0 Å². The molecular weight excluding hydrogens is 244 g/mol. The Labute approximate surface area is 113 Å². The van der Waals surface area contributed by atoms with Crippen LogP contribution in [0, 0.1) is 0 Å². The minimum Gasteiger partial charge on any atom is -0.375 e. The van der Waals surface area contributed by atoms with Crippen molar-refractivity contribution >= 4 is 11.3 Å². The van der Waals surface area contributed by atoms with Crippen LogP contribution in [0.5, 0.6) is 0 Å². The Hall–Kier alpha value is -0.450. The summed E-state index contributed by atoms with van der Waals surface area (Å²) >= 11 is 1.87. The van der Waals surface area contributed by atoms with Crippen molar-refractivity contribution in [2.24, 2.45) is 0 Å². The second kappa shape index (κ2) is 5.68. The number of rotatable bonds is 6. The van der Waals surface area contributed by atoms with E-state index in [0.717, 1.165) is 19.2 Å². The molecule has 1 saturated carbocycles. The molecule has 0 bridgehead atoms. The number of thiazole rings is 1. The van der Waals surface area contributed by atoms with Gasteiger partial charge in [-0.15, -0.1) is 11.3 Å². The molecule has 1 unspecified atom stereocenters. The van der Waals surface area contributed by atoms with Gasteiger partial charge in [-0.05, 0) is 39.0 Å². The zero-order valence-electron chi connectivity index (χ0n) is 11.1. The van der Waals surface area contributed by atoms with Crippen molar-refractivity contribution < 1.29 is 4.74 Å². The average Bonchev–Trinajstić information content (AvgIpc) is 3.11. The van der Waals surface area contributed by atoms with Crippen LogP contribution in [-0.4, -0.2) is 24.2 Å². The van der Waals surface area contributed by atoms with Crippen LogP contribution in [0.15, 0.2) is 0 Å². The quantitative estimate of drug-likeness (QED) is 0.859. The number of hydrogen-bond donors (Lipinski definition) is 1. The number of fused-ring (bicyclic) bond motifs is 1. The number of ether oxygens (including phenoxy) is 1. The summed E-state index contributed by atoms with van der Waals surface area (Å²) in [6, 6.07) is 0.803. The van der Waals surface area contributed by atoms with Crippen LogP contribution in [0.3, 0.4) is 0 Å². The van der Waals surface area contributed by atoms with Crippen LogP contribution in [0.1, 0.15) is 54.1 Å². The lowest BCUT2D eigenvalue weighted by Crippen LogP contribution is -2.25. The van der Waals surface area contributed by atoms with Crippen molar-refractivity contribution in [3.8, 4) is 0 Å². The van der Waals surface area contributed by atoms with E-state index >= 15 is 0 Å². The molecule has 100 valence electrons. The lowest BCUT2D eigenvalue weighted by Gasteiger charge is -2.21. The van der Waals surface area contributed by atoms with Crippen molar-refractivity contribution in [1.29, 1.82) is 0 Å². The lowest BCUT2D eigenvalue weighted by molar-refractivity contribution is 0.133. The summed E-state index contributed by atoms with van der Waals surface area (Å²) in [5.41, 5.74) is 1.37. The first kappa shape index (κ1) is 12.6. The van der Waals surface area contributed by atoms with E-state index in [4.69, 9.17) is 9.72 Å². The van der Waals surface area contributed by atoms with Gasteiger partial charge in [-0.1, -0.05) is 0 Å². The van der Waals surface area contributed by atoms with Crippen molar-refractivity contribution in [1.82, 2.24) is 10.3 Å². The average molecular weight is 266 g/mol. The monoisotopic (exact) mass is 266 g/mol. The topological polar surface area (TPSA) is 34.1 Å². The van der Waals surface area contributed by atoms with Gasteiger partial charge >= 0.3 is 0 Å². The summed E-state index contributed by atoms with van der Waals surface area (Å²) in [5, 5.41) is 4.82. The third-order valence-corrected chi connectivity index (χ3v) is 4.88. The molecule has 1 N–H and O–H groups in total. The molecule has 1 fully saturated rings. The van der Waals surface area contributed by atoms with E-state index in [2.05, 4.69) is 5.32 Å². The van der Waals surface area contributed by atoms with Gasteiger partial charge in [0.1, 0.15) is 5.01 Å². The van der Waals surface area contributed by atoms with E-state index in [1.807, 2.05) is 18.3 Å². The maximum Gasteiger partial charge on any atom is 0.119 e. The van der Waals surface area contributed by atoms with Gasteiger partial charge in [-0.2, -0.15) is 0 Å². The Bertz CT molecular complexity index is 400. The number of aromatic nitrogens is 1. The van der Waals surface area contributed by atoms with E-state index in [1.54, 1.807) is 0 Å². The summed E-state index contributed by atoms with van der Waals surface area (Å²) in [6.07, 6.45) is 6.57. The largest absolute Gasteiger partial charge is 0.375 e. The third-order valence-electron chi connectivity index (χ3n) is 3.77. The van der Waals surface area contributed by atoms with Crippen LogP contribution in [-0.2, 0) is 17.8 Å². The molecule has 0 aromatic carbocycles. The van der Waals surface area contributed by atoms with Gasteiger partial charge in [0.05, 0.1) is 12.3 Å². The highest BCUT2D eigenvalue weighted by atomic mass is 32.1. The maximum atomic E-state index is 5.47. The predicted molar refractivity (Wildman–Crippen MR) is 74.1 cm³/mol. The summed E-state index contributed by atoms with van der Waals surface area (Å²) in [6.45, 7) is 4.62. The minimum atomic E-state index is 0.640. The third kappa shape index (κ3) is 2.92. The van der Waals surface area contributed by atoms with Crippen LogP contribution < -0.4 is 5.32 Å². The summed E-state index contributed by atoms with van der Waals surface area (Å²) in [4.78, 5) is 6.33. The highest BCUT2D eigenvalue weighted by Gasteiger charge is 2.27. The normalized spacial score (nSPS) is 23.1. The fourth-order valence-electron chi connectivity index (χ4n) is 2.60. The van der Waals surface area contributed by atoms with Gasteiger partial charge < -0.3 is 10.1 Å². The molecule has 0 aliphatic heterocycles. The number of nitrogens with one attached hydrogen (secondary N) is 1. The molecule has 1 aromatic rings. The second-order valence-electron chi connectivity index (χ2n) is 5.32. The molecule has 0 saturated heterocycles. The maximum absolute atomic E-state index is 5.47. The molecule has 18 heavy (non-hydrogen) atoms. The molecule has 3 nitrogen and oxygen atoms in total. The van der Waals surface area contributed by atoms with E-state index in [-0.39, 0.29) is 0 Å². The van der Waals surface area contributed by atoms with Gasteiger partial charge in [0.2, 0.25) is 0 Å². The lowest BCUT2D eigenvalue weighted by atomic mass is 9.91. The molecule has 1 atom stereocenters. The van der Waals surface area contributed by atoms with E-state index in [1.165, 1.54) is 47.7 Å². The summed E-state index contributed by atoms with van der Waals surface area (Å²) in [5.74, 6) is 0.640. The van der Waals surface area contributed by atoms with E-state index in [0.29, 0.717) is 12.5 Å². The van der Waals surface area contributed by atoms with E-state index < -0.39 is 0 Å². The van der Waals surface area contributed by atoms with Crippen molar-refractivity contribution in [2.75, 3.05) is 13.2 Å². The molecule has 1 heterocycles. The Morgan fingerprint density at radius 2 is 2.28 bits per heavy atom. The van der Waals surface area contributed by atoms with Crippen LogP contribution in [0.2, 0.25) is 0 Å². The Kier molecular flexibility index (Phi) is 3.97. The van der Waals surface area contributed by atoms with E-state index in [9.17, 15) is 0 Å². The molecule has 2 aliphatic carbocycles. The SMILES string of the molecule is CCOCc1nc2c(s1)CCCC2CNC1CC1. The van der Waals surface area contributed by atoms with Gasteiger partial charge in [0, 0.05) is 30.0 Å². The summed E-state index contributed by atoms with van der Waals surface area (Å²) < 4.78 is 5.47. The molecule has 0 amide bonds. The number of aryl methyl sites for hydroxylation is 1.